The number of carbonyl (C=O) groups excluding carboxylic acids is 2. The first-order valence-electron chi connectivity index (χ1n) is 11.2. The average molecular weight is 357 g/mol. The molecule has 0 radical (unpaired) electrons. The molecule has 26 heavy (non-hydrogen) atoms. The summed E-state index contributed by atoms with van der Waals surface area (Å²) in [5.41, 5.74) is 2.94. The topological polar surface area (TPSA) is 34.1 Å². The lowest BCUT2D eigenvalue weighted by atomic mass is 9.79. The SMILES string of the molecule is O=C1CCCCC1C1=CCCCC1.O=C1CCCCC1C1=CCCCC1. The van der Waals surface area contributed by atoms with Crippen molar-refractivity contribution < 1.29 is 9.59 Å². The molecule has 2 atom stereocenters. The van der Waals surface area contributed by atoms with Crippen molar-refractivity contribution in [1.82, 2.24) is 0 Å². The van der Waals surface area contributed by atoms with E-state index in [4.69, 9.17) is 0 Å². The number of hydrogen-bond acceptors (Lipinski definition) is 2. The zero-order valence-electron chi connectivity index (χ0n) is 16.4. The molecule has 4 aliphatic carbocycles. The molecule has 2 heteroatoms. The first-order valence-corrected chi connectivity index (χ1v) is 11.2. The minimum absolute atomic E-state index is 0.328. The van der Waals surface area contributed by atoms with Crippen LogP contribution in [0.1, 0.15) is 103 Å². The number of hydrogen-bond donors (Lipinski definition) is 0. The van der Waals surface area contributed by atoms with Crippen LogP contribution in [-0.2, 0) is 9.59 Å². The molecule has 2 nitrogen and oxygen atoms in total. The van der Waals surface area contributed by atoms with E-state index in [0.717, 1.165) is 38.5 Å². The summed E-state index contributed by atoms with van der Waals surface area (Å²) in [5.74, 6) is 1.68. The molecule has 0 spiro atoms. The molecular weight excluding hydrogens is 320 g/mol. The van der Waals surface area contributed by atoms with Gasteiger partial charge in [-0.3, -0.25) is 9.59 Å². The number of carbonyl (C=O) groups is 2. The predicted octanol–water partition coefficient (Wildman–Crippen LogP) is 6.49. The van der Waals surface area contributed by atoms with Crippen LogP contribution < -0.4 is 0 Å². The number of rotatable bonds is 2. The van der Waals surface area contributed by atoms with Crippen LogP contribution >= 0.6 is 0 Å². The fourth-order valence-corrected chi connectivity index (χ4v) is 5.11. The smallest absolute Gasteiger partial charge is 0.139 e. The highest BCUT2D eigenvalue weighted by Gasteiger charge is 2.26. The van der Waals surface area contributed by atoms with Gasteiger partial charge in [-0.15, -0.1) is 0 Å². The van der Waals surface area contributed by atoms with Crippen LogP contribution in [-0.4, -0.2) is 11.6 Å². The van der Waals surface area contributed by atoms with E-state index in [-0.39, 0.29) is 0 Å². The Balaban J connectivity index is 0.000000151. The number of ketones is 2. The molecule has 0 N–H and O–H groups in total. The molecule has 0 aliphatic heterocycles. The highest BCUT2D eigenvalue weighted by atomic mass is 16.1. The van der Waals surface area contributed by atoms with Crippen molar-refractivity contribution in [3.8, 4) is 0 Å². The average Bonchev–Trinajstić information content (AvgIpc) is 2.71. The van der Waals surface area contributed by atoms with Crippen molar-refractivity contribution in [2.24, 2.45) is 11.8 Å². The summed E-state index contributed by atoms with van der Waals surface area (Å²) in [6.07, 6.45) is 23.4. The van der Waals surface area contributed by atoms with Gasteiger partial charge in [-0.05, 0) is 77.0 Å². The minimum atomic E-state index is 0.328. The van der Waals surface area contributed by atoms with Crippen LogP contribution in [0.3, 0.4) is 0 Å². The summed E-state index contributed by atoms with van der Waals surface area (Å²) in [4.78, 5) is 23.3. The molecule has 0 amide bonds. The molecule has 2 unspecified atom stereocenters. The summed E-state index contributed by atoms with van der Waals surface area (Å²) >= 11 is 0. The summed E-state index contributed by atoms with van der Waals surface area (Å²) in [5, 5.41) is 0. The van der Waals surface area contributed by atoms with E-state index in [1.807, 2.05) is 0 Å². The monoisotopic (exact) mass is 356 g/mol. The van der Waals surface area contributed by atoms with Gasteiger partial charge >= 0.3 is 0 Å². The molecule has 0 aromatic carbocycles. The van der Waals surface area contributed by atoms with Crippen molar-refractivity contribution in [3.05, 3.63) is 23.3 Å². The lowest BCUT2D eigenvalue weighted by Gasteiger charge is -2.25. The lowest BCUT2D eigenvalue weighted by molar-refractivity contribution is -0.124. The minimum Gasteiger partial charge on any atom is -0.299 e. The van der Waals surface area contributed by atoms with Crippen molar-refractivity contribution in [2.75, 3.05) is 0 Å². The van der Waals surface area contributed by atoms with E-state index in [1.54, 1.807) is 0 Å². The standard InChI is InChI=1S/2C12H18O/c2*13-12-9-5-4-8-11(12)10-6-2-1-3-7-10/h2*6,11H,1-5,7-9H2. The van der Waals surface area contributed by atoms with Crippen LogP contribution in [0.5, 0.6) is 0 Å². The van der Waals surface area contributed by atoms with E-state index in [9.17, 15) is 9.59 Å². The number of Topliss-reactive ketones (excluding diaryl/α,β-unsaturated/α-hetero) is 2. The normalized spacial score (nSPS) is 30.0. The van der Waals surface area contributed by atoms with E-state index in [2.05, 4.69) is 12.2 Å². The van der Waals surface area contributed by atoms with Crippen molar-refractivity contribution >= 4 is 11.6 Å². The second-order valence-electron chi connectivity index (χ2n) is 8.58. The molecule has 0 aromatic heterocycles. The fraction of sp³-hybridized carbons (Fsp3) is 0.750. The van der Waals surface area contributed by atoms with Crippen LogP contribution in [0.25, 0.3) is 0 Å². The van der Waals surface area contributed by atoms with E-state index < -0.39 is 0 Å². The van der Waals surface area contributed by atoms with Crippen LogP contribution in [0.15, 0.2) is 23.3 Å². The van der Waals surface area contributed by atoms with Crippen LogP contribution in [0, 0.1) is 11.8 Å². The first-order chi connectivity index (χ1) is 12.8. The van der Waals surface area contributed by atoms with Crippen LogP contribution in [0.2, 0.25) is 0 Å². The molecule has 4 rings (SSSR count). The molecule has 2 saturated carbocycles. The second-order valence-corrected chi connectivity index (χ2v) is 8.58. The molecule has 0 aromatic rings. The largest absolute Gasteiger partial charge is 0.299 e. The third-order valence-electron chi connectivity index (χ3n) is 6.66. The summed E-state index contributed by atoms with van der Waals surface area (Å²) in [7, 11) is 0. The van der Waals surface area contributed by atoms with Gasteiger partial charge in [0.2, 0.25) is 0 Å². The van der Waals surface area contributed by atoms with Gasteiger partial charge in [-0.2, -0.15) is 0 Å². The Hall–Kier alpha value is -1.18. The second kappa shape index (κ2) is 10.2. The van der Waals surface area contributed by atoms with E-state index in [0.29, 0.717) is 23.4 Å². The van der Waals surface area contributed by atoms with E-state index >= 15 is 0 Å². The highest BCUT2D eigenvalue weighted by molar-refractivity contribution is 5.84. The first kappa shape index (κ1) is 19.6. The quantitative estimate of drug-likeness (QED) is 0.530. The van der Waals surface area contributed by atoms with Crippen molar-refractivity contribution in [2.45, 2.75) is 103 Å². The van der Waals surface area contributed by atoms with Gasteiger partial charge < -0.3 is 0 Å². The molecule has 2 fully saturated rings. The summed E-state index contributed by atoms with van der Waals surface area (Å²) in [6.45, 7) is 0. The van der Waals surface area contributed by atoms with Gasteiger partial charge in [0.25, 0.3) is 0 Å². The fourth-order valence-electron chi connectivity index (χ4n) is 5.11. The van der Waals surface area contributed by atoms with Gasteiger partial charge in [0, 0.05) is 24.7 Å². The molecule has 144 valence electrons. The zero-order chi connectivity index (χ0) is 18.2. The maximum atomic E-state index is 11.7. The van der Waals surface area contributed by atoms with Gasteiger partial charge in [-0.1, -0.05) is 36.1 Å². The Bertz CT molecular complexity index is 505. The highest BCUT2D eigenvalue weighted by Crippen LogP contribution is 2.33. The van der Waals surface area contributed by atoms with Gasteiger partial charge in [0.1, 0.15) is 11.6 Å². The van der Waals surface area contributed by atoms with Crippen molar-refractivity contribution in [1.29, 1.82) is 0 Å². The maximum Gasteiger partial charge on any atom is 0.139 e. The number of allylic oxidation sites excluding steroid dienone is 4. The predicted molar refractivity (Wildman–Crippen MR) is 107 cm³/mol. The molecule has 4 aliphatic rings. The van der Waals surface area contributed by atoms with Gasteiger partial charge in [0.15, 0.2) is 0 Å². The molecular formula is C24H36O2. The van der Waals surface area contributed by atoms with Crippen LogP contribution in [0.4, 0.5) is 0 Å². The molecule has 0 heterocycles. The molecule has 0 bridgehead atoms. The third kappa shape index (κ3) is 5.41. The Kier molecular flexibility index (Phi) is 7.70. The van der Waals surface area contributed by atoms with Gasteiger partial charge in [0.05, 0.1) is 0 Å². The Labute approximate surface area is 159 Å². The maximum absolute atomic E-state index is 11.7. The summed E-state index contributed by atoms with van der Waals surface area (Å²) in [6, 6.07) is 0. The third-order valence-corrected chi connectivity index (χ3v) is 6.66. The van der Waals surface area contributed by atoms with Crippen molar-refractivity contribution in [3.63, 3.8) is 0 Å². The Morgan fingerprint density at radius 2 is 0.962 bits per heavy atom. The summed E-state index contributed by atoms with van der Waals surface area (Å²) < 4.78 is 0. The lowest BCUT2D eigenvalue weighted by Crippen LogP contribution is -2.21. The van der Waals surface area contributed by atoms with E-state index in [1.165, 1.54) is 75.4 Å². The Morgan fingerprint density at radius 3 is 1.31 bits per heavy atom. The zero-order valence-corrected chi connectivity index (χ0v) is 16.4. The van der Waals surface area contributed by atoms with Gasteiger partial charge in [-0.25, -0.2) is 0 Å². The Morgan fingerprint density at radius 1 is 0.538 bits per heavy atom. The molecule has 0 saturated heterocycles.